The van der Waals surface area contributed by atoms with Crippen molar-refractivity contribution in [2.24, 2.45) is 0 Å². The highest BCUT2D eigenvalue weighted by molar-refractivity contribution is 9.10. The summed E-state index contributed by atoms with van der Waals surface area (Å²) in [7, 11) is 0. The second kappa shape index (κ2) is 5.19. The highest BCUT2D eigenvalue weighted by Gasteiger charge is 2.29. The van der Waals surface area contributed by atoms with E-state index in [1.54, 1.807) is 24.3 Å². The van der Waals surface area contributed by atoms with Crippen molar-refractivity contribution in [1.82, 2.24) is 0 Å². The molecule has 1 unspecified atom stereocenters. The highest BCUT2D eigenvalue weighted by Crippen LogP contribution is 2.38. The third kappa shape index (κ3) is 2.45. The fourth-order valence-electron chi connectivity index (χ4n) is 2.23. The standard InChI is InChI=1S/C15H9BrClFO2/c16-8-1-3-11-13(19)7-15(20-14(11)5-8)10-4-2-9(18)6-12(10)17/h1-6,15H,7H2. The minimum Gasteiger partial charge on any atom is -0.484 e. The number of hydrogen-bond acceptors (Lipinski definition) is 2. The Morgan fingerprint density at radius 3 is 2.80 bits per heavy atom. The predicted octanol–water partition coefficient (Wildman–Crippen LogP) is 4.95. The lowest BCUT2D eigenvalue weighted by atomic mass is 9.96. The van der Waals surface area contributed by atoms with Gasteiger partial charge in [-0.3, -0.25) is 4.79 Å². The van der Waals surface area contributed by atoms with Gasteiger partial charge in [0.25, 0.3) is 0 Å². The molecule has 1 aliphatic rings. The first kappa shape index (κ1) is 13.6. The first-order valence-electron chi connectivity index (χ1n) is 5.99. The second-order valence-electron chi connectivity index (χ2n) is 4.54. The predicted molar refractivity (Wildman–Crippen MR) is 77.9 cm³/mol. The van der Waals surface area contributed by atoms with Crippen LogP contribution in [0.2, 0.25) is 5.02 Å². The van der Waals surface area contributed by atoms with Crippen molar-refractivity contribution >= 4 is 33.3 Å². The number of ketones is 1. The average molecular weight is 356 g/mol. The summed E-state index contributed by atoms with van der Waals surface area (Å²) in [5.41, 5.74) is 1.18. The quantitative estimate of drug-likeness (QED) is 0.723. The number of fused-ring (bicyclic) bond motifs is 1. The molecule has 0 saturated heterocycles. The maximum Gasteiger partial charge on any atom is 0.170 e. The number of halogens is 3. The van der Waals surface area contributed by atoms with Crippen molar-refractivity contribution in [3.8, 4) is 5.75 Å². The van der Waals surface area contributed by atoms with Crippen LogP contribution in [0.4, 0.5) is 4.39 Å². The zero-order valence-electron chi connectivity index (χ0n) is 10.2. The first-order chi connectivity index (χ1) is 9.54. The van der Waals surface area contributed by atoms with Gasteiger partial charge < -0.3 is 4.74 Å². The molecule has 0 saturated carbocycles. The summed E-state index contributed by atoms with van der Waals surface area (Å²) < 4.78 is 19.7. The molecule has 0 spiro atoms. The number of rotatable bonds is 1. The van der Waals surface area contributed by atoms with E-state index >= 15 is 0 Å². The zero-order valence-corrected chi connectivity index (χ0v) is 12.5. The summed E-state index contributed by atoms with van der Waals surface area (Å²) in [4.78, 5) is 12.1. The molecule has 2 nitrogen and oxygen atoms in total. The van der Waals surface area contributed by atoms with Gasteiger partial charge in [0.1, 0.15) is 17.7 Å². The Balaban J connectivity index is 2.00. The van der Waals surface area contributed by atoms with Gasteiger partial charge in [0.15, 0.2) is 5.78 Å². The first-order valence-corrected chi connectivity index (χ1v) is 7.16. The second-order valence-corrected chi connectivity index (χ2v) is 5.86. The van der Waals surface area contributed by atoms with Crippen molar-refractivity contribution in [1.29, 1.82) is 0 Å². The van der Waals surface area contributed by atoms with Crippen molar-refractivity contribution < 1.29 is 13.9 Å². The molecular formula is C15H9BrClFO2. The minimum absolute atomic E-state index is 0.0101. The fraction of sp³-hybridized carbons (Fsp3) is 0.133. The molecule has 0 bridgehead atoms. The third-order valence-electron chi connectivity index (χ3n) is 3.19. The summed E-state index contributed by atoms with van der Waals surface area (Å²) in [6.45, 7) is 0. The van der Waals surface area contributed by atoms with Crippen LogP contribution in [-0.4, -0.2) is 5.78 Å². The summed E-state index contributed by atoms with van der Waals surface area (Å²) in [5, 5.41) is 0.265. The molecular weight excluding hydrogens is 347 g/mol. The largest absolute Gasteiger partial charge is 0.484 e. The Kier molecular flexibility index (Phi) is 3.52. The van der Waals surface area contributed by atoms with Gasteiger partial charge in [-0.25, -0.2) is 4.39 Å². The van der Waals surface area contributed by atoms with Crippen LogP contribution in [0.15, 0.2) is 40.9 Å². The van der Waals surface area contributed by atoms with Gasteiger partial charge in [0, 0.05) is 10.0 Å². The number of carbonyl (C=O) groups excluding carboxylic acids is 1. The normalized spacial score (nSPS) is 17.6. The van der Waals surface area contributed by atoms with Crippen LogP contribution in [0.1, 0.15) is 28.4 Å². The maximum atomic E-state index is 13.1. The summed E-state index contributed by atoms with van der Waals surface area (Å²) >= 11 is 9.37. The Hall–Kier alpha value is -1.39. The molecule has 5 heteroatoms. The monoisotopic (exact) mass is 354 g/mol. The molecule has 102 valence electrons. The van der Waals surface area contributed by atoms with Gasteiger partial charge in [-0.1, -0.05) is 33.6 Å². The zero-order chi connectivity index (χ0) is 14.3. The van der Waals surface area contributed by atoms with Gasteiger partial charge in [-0.2, -0.15) is 0 Å². The number of hydrogen-bond donors (Lipinski definition) is 0. The maximum absolute atomic E-state index is 13.1. The van der Waals surface area contributed by atoms with Crippen molar-refractivity contribution in [3.05, 3.63) is 62.8 Å². The number of carbonyl (C=O) groups is 1. The van der Waals surface area contributed by atoms with E-state index in [0.717, 1.165) is 4.47 Å². The van der Waals surface area contributed by atoms with E-state index < -0.39 is 11.9 Å². The van der Waals surface area contributed by atoms with E-state index in [9.17, 15) is 9.18 Å². The molecule has 0 aromatic heterocycles. The molecule has 0 radical (unpaired) electrons. The Morgan fingerprint density at radius 2 is 2.05 bits per heavy atom. The van der Waals surface area contributed by atoms with Crippen LogP contribution in [0.5, 0.6) is 5.75 Å². The van der Waals surface area contributed by atoms with Gasteiger partial charge in [-0.15, -0.1) is 0 Å². The number of Topliss-reactive ketones (excluding diaryl/α,β-unsaturated/α-hetero) is 1. The number of ether oxygens (including phenoxy) is 1. The molecule has 1 aliphatic heterocycles. The van der Waals surface area contributed by atoms with E-state index in [1.165, 1.54) is 12.1 Å². The lowest BCUT2D eigenvalue weighted by Crippen LogP contribution is -2.20. The van der Waals surface area contributed by atoms with Crippen LogP contribution in [0.25, 0.3) is 0 Å². The van der Waals surface area contributed by atoms with Crippen LogP contribution in [0, 0.1) is 5.82 Å². The van der Waals surface area contributed by atoms with Crippen molar-refractivity contribution in [3.63, 3.8) is 0 Å². The smallest absolute Gasteiger partial charge is 0.170 e. The molecule has 3 rings (SSSR count). The highest BCUT2D eigenvalue weighted by atomic mass is 79.9. The lowest BCUT2D eigenvalue weighted by Gasteiger charge is -2.26. The van der Waals surface area contributed by atoms with Gasteiger partial charge in [0.05, 0.1) is 17.0 Å². The van der Waals surface area contributed by atoms with Crippen LogP contribution < -0.4 is 4.74 Å². The Morgan fingerprint density at radius 1 is 1.25 bits per heavy atom. The number of benzene rings is 2. The lowest BCUT2D eigenvalue weighted by molar-refractivity contribution is 0.0850. The van der Waals surface area contributed by atoms with Crippen LogP contribution in [-0.2, 0) is 0 Å². The fourth-order valence-corrected chi connectivity index (χ4v) is 2.86. The Labute approximate surface area is 128 Å². The van der Waals surface area contributed by atoms with E-state index in [-0.39, 0.29) is 17.2 Å². The van der Waals surface area contributed by atoms with E-state index in [2.05, 4.69) is 15.9 Å². The topological polar surface area (TPSA) is 26.3 Å². The molecule has 0 amide bonds. The Bertz CT molecular complexity index is 702. The van der Waals surface area contributed by atoms with Crippen LogP contribution in [0.3, 0.4) is 0 Å². The van der Waals surface area contributed by atoms with Gasteiger partial charge in [0.2, 0.25) is 0 Å². The molecule has 2 aromatic rings. The summed E-state index contributed by atoms with van der Waals surface area (Å²) in [5.74, 6) is 0.0918. The van der Waals surface area contributed by atoms with Crippen molar-refractivity contribution in [2.75, 3.05) is 0 Å². The van der Waals surface area contributed by atoms with Gasteiger partial charge in [-0.05, 0) is 30.3 Å². The SMILES string of the molecule is O=C1CC(c2ccc(F)cc2Cl)Oc2cc(Br)ccc21. The molecule has 0 N–H and O–H groups in total. The van der Waals surface area contributed by atoms with Gasteiger partial charge >= 0.3 is 0 Å². The van der Waals surface area contributed by atoms with E-state index in [0.29, 0.717) is 16.9 Å². The molecule has 0 fully saturated rings. The van der Waals surface area contributed by atoms with Crippen LogP contribution >= 0.6 is 27.5 Å². The molecule has 1 heterocycles. The third-order valence-corrected chi connectivity index (χ3v) is 4.01. The summed E-state index contributed by atoms with van der Waals surface area (Å²) in [6, 6.07) is 9.36. The van der Waals surface area contributed by atoms with Crippen molar-refractivity contribution in [2.45, 2.75) is 12.5 Å². The summed E-state index contributed by atoms with van der Waals surface area (Å²) in [6.07, 6.45) is -0.294. The van der Waals surface area contributed by atoms with E-state index in [4.69, 9.17) is 16.3 Å². The molecule has 1 atom stereocenters. The molecule has 2 aromatic carbocycles. The molecule has 0 aliphatic carbocycles. The van der Waals surface area contributed by atoms with E-state index in [1.807, 2.05) is 0 Å². The average Bonchev–Trinajstić information content (AvgIpc) is 2.37. The molecule has 20 heavy (non-hydrogen) atoms. The minimum atomic E-state index is -0.489.